The first kappa shape index (κ1) is 23.9. The van der Waals surface area contributed by atoms with E-state index in [1.54, 1.807) is 45.0 Å². The Bertz CT molecular complexity index is 713. The van der Waals surface area contributed by atoms with Crippen molar-refractivity contribution in [1.82, 2.24) is 10.6 Å². The summed E-state index contributed by atoms with van der Waals surface area (Å²) >= 11 is 0. The first-order valence-electron chi connectivity index (χ1n) is 9.20. The van der Waals surface area contributed by atoms with E-state index in [-0.39, 0.29) is 19.4 Å². The first-order valence-corrected chi connectivity index (χ1v) is 9.20. The van der Waals surface area contributed by atoms with Gasteiger partial charge in [-0.3, -0.25) is 9.59 Å². The number of alkyl carbamates (subject to hydrolysis) is 1. The number of hydrogen-bond acceptors (Lipinski definition) is 6. The average Bonchev–Trinajstić information content (AvgIpc) is 2.61. The first-order chi connectivity index (χ1) is 13.5. The molecule has 2 amide bonds. The van der Waals surface area contributed by atoms with Crippen molar-refractivity contribution in [3.8, 4) is 0 Å². The molecule has 3 N–H and O–H groups in total. The number of esters is 1. The zero-order valence-electron chi connectivity index (χ0n) is 17.1. The fourth-order valence-corrected chi connectivity index (χ4v) is 2.19. The molecule has 0 spiro atoms. The second kappa shape index (κ2) is 11.0. The lowest BCUT2D eigenvalue weighted by Crippen LogP contribution is -2.51. The Labute approximate surface area is 169 Å². The molecular weight excluding hydrogens is 380 g/mol. The van der Waals surface area contributed by atoms with E-state index >= 15 is 0 Å². The Balaban J connectivity index is 2.67. The maximum Gasteiger partial charge on any atom is 0.408 e. The fourth-order valence-electron chi connectivity index (χ4n) is 2.19. The molecule has 0 aliphatic carbocycles. The standard InChI is InChI=1S/C20H28N2O7/c1-13(21-19(27)29-20(2,3)4)17(25)22-15(10-11-16(23)24)18(26)28-12-14-8-6-5-7-9-14/h5-9,13,15H,10-12H2,1-4H3,(H,21,27)(H,22,25)(H,23,24)/t13-,15+/m1/s1. The van der Waals surface area contributed by atoms with Gasteiger partial charge in [0.15, 0.2) is 0 Å². The molecule has 0 radical (unpaired) electrons. The molecule has 9 heteroatoms. The van der Waals surface area contributed by atoms with Crippen LogP contribution in [0.25, 0.3) is 0 Å². The smallest absolute Gasteiger partial charge is 0.408 e. The van der Waals surface area contributed by atoms with E-state index in [9.17, 15) is 19.2 Å². The molecule has 9 nitrogen and oxygen atoms in total. The largest absolute Gasteiger partial charge is 0.481 e. The minimum atomic E-state index is -1.16. The molecule has 0 unspecified atom stereocenters. The minimum Gasteiger partial charge on any atom is -0.481 e. The van der Waals surface area contributed by atoms with Crippen molar-refractivity contribution in [2.24, 2.45) is 0 Å². The Morgan fingerprint density at radius 3 is 2.24 bits per heavy atom. The number of nitrogens with one attached hydrogen (secondary N) is 2. The quantitative estimate of drug-likeness (QED) is 0.533. The lowest BCUT2D eigenvalue weighted by molar-refractivity contribution is -0.150. The number of carbonyl (C=O) groups is 4. The molecular formula is C20H28N2O7. The van der Waals surface area contributed by atoms with Crippen LogP contribution in [-0.4, -0.2) is 46.7 Å². The summed E-state index contributed by atoms with van der Waals surface area (Å²) in [6, 6.07) is 6.77. The SMILES string of the molecule is C[C@@H](NC(=O)OC(C)(C)C)C(=O)N[C@@H](CCC(=O)O)C(=O)OCc1ccccc1. The number of carbonyl (C=O) groups excluding carboxylic acids is 3. The molecule has 0 saturated heterocycles. The van der Waals surface area contributed by atoms with Crippen LogP contribution in [-0.2, 0) is 30.5 Å². The summed E-state index contributed by atoms with van der Waals surface area (Å²) in [6.45, 7) is 6.46. The van der Waals surface area contributed by atoms with Gasteiger partial charge < -0.3 is 25.2 Å². The maximum atomic E-state index is 12.4. The van der Waals surface area contributed by atoms with Crippen LogP contribution in [0.3, 0.4) is 0 Å². The number of benzene rings is 1. The zero-order valence-corrected chi connectivity index (χ0v) is 17.1. The highest BCUT2D eigenvalue weighted by Crippen LogP contribution is 2.08. The van der Waals surface area contributed by atoms with Gasteiger partial charge in [-0.1, -0.05) is 30.3 Å². The van der Waals surface area contributed by atoms with Gasteiger partial charge in [0, 0.05) is 6.42 Å². The molecule has 0 saturated carbocycles. The Hall–Kier alpha value is -3.10. The lowest BCUT2D eigenvalue weighted by Gasteiger charge is -2.23. The third-order valence-electron chi connectivity index (χ3n) is 3.60. The number of rotatable bonds is 9. The molecule has 0 fully saturated rings. The van der Waals surface area contributed by atoms with Crippen LogP contribution in [0.5, 0.6) is 0 Å². The van der Waals surface area contributed by atoms with Gasteiger partial charge in [0.1, 0.15) is 24.3 Å². The van der Waals surface area contributed by atoms with E-state index in [0.29, 0.717) is 0 Å². The number of hydrogen-bond donors (Lipinski definition) is 3. The van der Waals surface area contributed by atoms with Crippen LogP contribution in [0.4, 0.5) is 4.79 Å². The van der Waals surface area contributed by atoms with Crippen LogP contribution in [0.2, 0.25) is 0 Å². The van der Waals surface area contributed by atoms with Crippen LogP contribution >= 0.6 is 0 Å². The number of carboxylic acid groups (broad SMARTS) is 1. The van der Waals surface area contributed by atoms with Gasteiger partial charge in [0.25, 0.3) is 0 Å². The van der Waals surface area contributed by atoms with Crippen molar-refractivity contribution in [3.63, 3.8) is 0 Å². The number of carboxylic acids is 1. The molecule has 160 valence electrons. The van der Waals surface area contributed by atoms with E-state index in [2.05, 4.69) is 10.6 Å². The Kier molecular flexibility index (Phi) is 9.11. The van der Waals surface area contributed by atoms with E-state index in [4.69, 9.17) is 14.6 Å². The third-order valence-corrected chi connectivity index (χ3v) is 3.60. The summed E-state index contributed by atoms with van der Waals surface area (Å²) in [6.07, 6.45) is -1.26. The summed E-state index contributed by atoms with van der Waals surface area (Å²) in [5, 5.41) is 13.7. The highest BCUT2D eigenvalue weighted by atomic mass is 16.6. The number of ether oxygens (including phenoxy) is 2. The normalized spacial score (nSPS) is 13.0. The Morgan fingerprint density at radius 2 is 1.69 bits per heavy atom. The van der Waals surface area contributed by atoms with E-state index in [1.807, 2.05) is 6.07 Å². The molecule has 0 aliphatic rings. The van der Waals surface area contributed by atoms with Gasteiger partial charge in [0.05, 0.1) is 0 Å². The second-order valence-corrected chi connectivity index (χ2v) is 7.45. The summed E-state index contributed by atoms with van der Waals surface area (Å²) < 4.78 is 10.3. The van der Waals surface area contributed by atoms with Gasteiger partial charge in [-0.15, -0.1) is 0 Å². The molecule has 0 aromatic heterocycles. The van der Waals surface area contributed by atoms with Crippen LogP contribution in [0.1, 0.15) is 46.1 Å². The van der Waals surface area contributed by atoms with Gasteiger partial charge >= 0.3 is 18.0 Å². The lowest BCUT2D eigenvalue weighted by atomic mass is 10.1. The van der Waals surface area contributed by atoms with Crippen molar-refractivity contribution in [2.45, 2.75) is 64.8 Å². The van der Waals surface area contributed by atoms with Crippen molar-refractivity contribution in [1.29, 1.82) is 0 Å². The number of amides is 2. The number of aliphatic carboxylic acids is 1. The van der Waals surface area contributed by atoms with Gasteiger partial charge in [0.2, 0.25) is 5.91 Å². The highest BCUT2D eigenvalue weighted by molar-refractivity contribution is 5.89. The van der Waals surface area contributed by atoms with Crippen molar-refractivity contribution >= 4 is 23.9 Å². The van der Waals surface area contributed by atoms with Gasteiger partial charge in [-0.05, 0) is 39.7 Å². The van der Waals surface area contributed by atoms with E-state index < -0.39 is 41.6 Å². The summed E-state index contributed by atoms with van der Waals surface area (Å²) in [5.74, 6) is -2.53. The minimum absolute atomic E-state index is 0.00910. The predicted octanol–water partition coefficient (Wildman–Crippen LogP) is 1.99. The van der Waals surface area contributed by atoms with Crippen LogP contribution in [0.15, 0.2) is 30.3 Å². The van der Waals surface area contributed by atoms with Crippen molar-refractivity contribution in [2.75, 3.05) is 0 Å². The zero-order chi connectivity index (χ0) is 22.0. The predicted molar refractivity (Wildman–Crippen MR) is 104 cm³/mol. The second-order valence-electron chi connectivity index (χ2n) is 7.45. The molecule has 1 rings (SSSR count). The molecule has 2 atom stereocenters. The molecule has 1 aromatic carbocycles. The molecule has 29 heavy (non-hydrogen) atoms. The van der Waals surface area contributed by atoms with Crippen molar-refractivity contribution in [3.05, 3.63) is 35.9 Å². The summed E-state index contributed by atoms with van der Waals surface area (Å²) in [7, 11) is 0. The third kappa shape index (κ3) is 10.1. The molecule has 0 bridgehead atoms. The van der Waals surface area contributed by atoms with Crippen LogP contribution in [0, 0.1) is 0 Å². The van der Waals surface area contributed by atoms with Crippen LogP contribution < -0.4 is 10.6 Å². The topological polar surface area (TPSA) is 131 Å². The maximum absolute atomic E-state index is 12.4. The summed E-state index contributed by atoms with van der Waals surface area (Å²) in [4.78, 5) is 47.3. The monoisotopic (exact) mass is 408 g/mol. The van der Waals surface area contributed by atoms with Gasteiger partial charge in [-0.25, -0.2) is 9.59 Å². The van der Waals surface area contributed by atoms with E-state index in [1.165, 1.54) is 6.92 Å². The molecule has 0 aliphatic heterocycles. The summed E-state index contributed by atoms with van der Waals surface area (Å²) in [5.41, 5.74) is 0.0232. The van der Waals surface area contributed by atoms with Gasteiger partial charge in [-0.2, -0.15) is 0 Å². The average molecular weight is 408 g/mol. The Morgan fingerprint density at radius 1 is 1.07 bits per heavy atom. The molecule has 1 aromatic rings. The fraction of sp³-hybridized carbons (Fsp3) is 0.500. The van der Waals surface area contributed by atoms with Crippen molar-refractivity contribution < 1.29 is 33.8 Å². The highest BCUT2D eigenvalue weighted by Gasteiger charge is 2.27. The molecule has 0 heterocycles. The van der Waals surface area contributed by atoms with E-state index in [0.717, 1.165) is 5.56 Å².